The van der Waals surface area contributed by atoms with Gasteiger partial charge in [-0.15, -0.1) is 0 Å². The van der Waals surface area contributed by atoms with Gasteiger partial charge in [-0.1, -0.05) is 18.7 Å². The van der Waals surface area contributed by atoms with E-state index < -0.39 is 0 Å². The minimum atomic E-state index is 0.856. The lowest BCUT2D eigenvalue weighted by Gasteiger charge is -1.77. The van der Waals surface area contributed by atoms with Crippen molar-refractivity contribution in [2.24, 2.45) is 0 Å². The Morgan fingerprint density at radius 1 is 1.56 bits per heavy atom. The molecule has 0 aliphatic heterocycles. The van der Waals surface area contributed by atoms with Crippen LogP contribution < -0.4 is 0 Å². The first kappa shape index (κ1) is 5.89. The molecular formula is C8H8O. The van der Waals surface area contributed by atoms with Gasteiger partial charge in [0.05, 0.1) is 6.26 Å². The normalized spacial score (nSPS) is 10.2. The average Bonchev–Trinajstić information content (AvgIpc) is 2.34. The van der Waals surface area contributed by atoms with Gasteiger partial charge in [-0.05, 0) is 18.2 Å². The zero-order valence-corrected chi connectivity index (χ0v) is 5.08. The van der Waals surface area contributed by atoms with Crippen LogP contribution in [0, 0.1) is 0 Å². The van der Waals surface area contributed by atoms with Crippen LogP contribution in [-0.2, 0) is 0 Å². The van der Waals surface area contributed by atoms with Gasteiger partial charge < -0.3 is 4.42 Å². The van der Waals surface area contributed by atoms with Crippen molar-refractivity contribution in [3.63, 3.8) is 0 Å². The summed E-state index contributed by atoms with van der Waals surface area (Å²) < 4.78 is 5.00. The molecule has 0 aliphatic rings. The third-order valence-corrected chi connectivity index (χ3v) is 0.940. The molecule has 0 fully saturated rings. The van der Waals surface area contributed by atoms with Crippen LogP contribution in [0.25, 0.3) is 6.08 Å². The van der Waals surface area contributed by atoms with E-state index in [9.17, 15) is 0 Å². The maximum Gasteiger partial charge on any atom is 0.126 e. The second-order valence-electron chi connectivity index (χ2n) is 1.61. The topological polar surface area (TPSA) is 13.1 Å². The molecule has 46 valence electrons. The predicted molar refractivity (Wildman–Crippen MR) is 37.9 cm³/mol. The van der Waals surface area contributed by atoms with Crippen molar-refractivity contribution in [3.8, 4) is 0 Å². The number of furan rings is 1. The van der Waals surface area contributed by atoms with E-state index in [-0.39, 0.29) is 0 Å². The molecule has 0 unspecified atom stereocenters. The Hall–Kier alpha value is -1.24. The molecule has 1 aromatic heterocycles. The summed E-state index contributed by atoms with van der Waals surface area (Å²) in [4.78, 5) is 0. The molecule has 1 heteroatoms. The van der Waals surface area contributed by atoms with Crippen molar-refractivity contribution in [1.82, 2.24) is 0 Å². The Labute approximate surface area is 54.3 Å². The van der Waals surface area contributed by atoms with Crippen molar-refractivity contribution in [1.29, 1.82) is 0 Å². The van der Waals surface area contributed by atoms with Gasteiger partial charge in [0.15, 0.2) is 0 Å². The van der Waals surface area contributed by atoms with Crippen LogP contribution in [0.1, 0.15) is 5.76 Å². The first-order valence-electron chi connectivity index (χ1n) is 2.76. The molecule has 1 nitrogen and oxygen atoms in total. The van der Waals surface area contributed by atoms with Crippen molar-refractivity contribution in [3.05, 3.63) is 42.9 Å². The SMILES string of the molecule is C=C/C=C\c1ccco1. The molecule has 0 aromatic carbocycles. The van der Waals surface area contributed by atoms with E-state index in [1.807, 2.05) is 24.3 Å². The molecule has 0 spiro atoms. The highest BCUT2D eigenvalue weighted by atomic mass is 16.3. The molecule has 9 heavy (non-hydrogen) atoms. The Balaban J connectivity index is 2.67. The van der Waals surface area contributed by atoms with Crippen LogP contribution in [0.2, 0.25) is 0 Å². The smallest absolute Gasteiger partial charge is 0.126 e. The number of rotatable bonds is 2. The fourth-order valence-electron chi connectivity index (χ4n) is 0.549. The van der Waals surface area contributed by atoms with Gasteiger partial charge in [0.25, 0.3) is 0 Å². The molecule has 0 radical (unpaired) electrons. The lowest BCUT2D eigenvalue weighted by Crippen LogP contribution is -1.55. The molecule has 0 saturated carbocycles. The minimum absolute atomic E-state index is 0.856. The number of allylic oxidation sites excluding steroid dienone is 2. The quantitative estimate of drug-likeness (QED) is 0.546. The molecule has 0 N–H and O–H groups in total. The summed E-state index contributed by atoms with van der Waals surface area (Å²) in [7, 11) is 0. The van der Waals surface area contributed by atoms with Crippen LogP contribution in [0.5, 0.6) is 0 Å². The Kier molecular flexibility index (Phi) is 1.91. The fourth-order valence-corrected chi connectivity index (χ4v) is 0.549. The number of hydrogen-bond acceptors (Lipinski definition) is 1. The van der Waals surface area contributed by atoms with Gasteiger partial charge in [0.2, 0.25) is 0 Å². The summed E-state index contributed by atoms with van der Waals surface area (Å²) in [6.45, 7) is 3.53. The predicted octanol–water partition coefficient (Wildman–Crippen LogP) is 2.48. The third-order valence-electron chi connectivity index (χ3n) is 0.940. The van der Waals surface area contributed by atoms with E-state index in [0.29, 0.717) is 0 Å². The maximum absolute atomic E-state index is 5.00. The second kappa shape index (κ2) is 2.92. The van der Waals surface area contributed by atoms with E-state index >= 15 is 0 Å². The molecule has 1 rings (SSSR count). The molecule has 0 saturated heterocycles. The average molecular weight is 120 g/mol. The zero-order valence-electron chi connectivity index (χ0n) is 5.08. The van der Waals surface area contributed by atoms with Crippen molar-refractivity contribution in [2.75, 3.05) is 0 Å². The second-order valence-corrected chi connectivity index (χ2v) is 1.61. The van der Waals surface area contributed by atoms with Crippen LogP contribution in [0.3, 0.4) is 0 Å². The monoisotopic (exact) mass is 120 g/mol. The first-order chi connectivity index (χ1) is 4.43. The van der Waals surface area contributed by atoms with Gasteiger partial charge in [-0.3, -0.25) is 0 Å². The minimum Gasteiger partial charge on any atom is -0.465 e. The third kappa shape index (κ3) is 1.61. The lowest BCUT2D eigenvalue weighted by atomic mass is 10.4. The van der Waals surface area contributed by atoms with Gasteiger partial charge in [0.1, 0.15) is 5.76 Å². The highest BCUT2D eigenvalue weighted by molar-refractivity contribution is 5.44. The van der Waals surface area contributed by atoms with Crippen molar-refractivity contribution < 1.29 is 4.42 Å². The summed E-state index contributed by atoms with van der Waals surface area (Å²) in [5.41, 5.74) is 0. The van der Waals surface area contributed by atoms with E-state index in [1.54, 1.807) is 12.3 Å². The summed E-state index contributed by atoms with van der Waals surface area (Å²) in [6, 6.07) is 3.74. The molecular weight excluding hydrogens is 112 g/mol. The Bertz CT molecular complexity index is 194. The number of hydrogen-bond donors (Lipinski definition) is 0. The van der Waals surface area contributed by atoms with E-state index in [2.05, 4.69) is 6.58 Å². The Morgan fingerprint density at radius 3 is 3.00 bits per heavy atom. The van der Waals surface area contributed by atoms with Crippen LogP contribution in [0.15, 0.2) is 41.5 Å². The van der Waals surface area contributed by atoms with E-state index in [1.165, 1.54) is 0 Å². The van der Waals surface area contributed by atoms with Crippen LogP contribution >= 0.6 is 0 Å². The summed E-state index contributed by atoms with van der Waals surface area (Å²) >= 11 is 0. The van der Waals surface area contributed by atoms with E-state index in [4.69, 9.17) is 4.42 Å². The zero-order chi connectivity index (χ0) is 6.53. The largest absolute Gasteiger partial charge is 0.465 e. The molecule has 0 atom stereocenters. The Morgan fingerprint density at radius 2 is 2.44 bits per heavy atom. The summed E-state index contributed by atoms with van der Waals surface area (Å²) in [5.74, 6) is 0.856. The molecule has 1 heterocycles. The highest BCUT2D eigenvalue weighted by Crippen LogP contribution is 2.01. The van der Waals surface area contributed by atoms with Crippen LogP contribution in [-0.4, -0.2) is 0 Å². The van der Waals surface area contributed by atoms with E-state index in [0.717, 1.165) is 5.76 Å². The maximum atomic E-state index is 5.00. The van der Waals surface area contributed by atoms with Crippen molar-refractivity contribution >= 4 is 6.08 Å². The molecule has 1 aromatic rings. The van der Waals surface area contributed by atoms with Gasteiger partial charge in [0, 0.05) is 0 Å². The van der Waals surface area contributed by atoms with Gasteiger partial charge >= 0.3 is 0 Å². The highest BCUT2D eigenvalue weighted by Gasteiger charge is 1.82. The lowest BCUT2D eigenvalue weighted by molar-refractivity contribution is 0.557. The molecule has 0 bridgehead atoms. The fraction of sp³-hybridized carbons (Fsp3) is 0. The standard InChI is InChI=1S/C8H8O/c1-2-3-5-8-6-4-7-9-8/h2-7H,1H2/b5-3-. The summed E-state index contributed by atoms with van der Waals surface area (Å²) in [6.07, 6.45) is 7.04. The van der Waals surface area contributed by atoms with Gasteiger partial charge in [-0.25, -0.2) is 0 Å². The van der Waals surface area contributed by atoms with Crippen LogP contribution in [0.4, 0.5) is 0 Å². The summed E-state index contributed by atoms with van der Waals surface area (Å²) in [5, 5.41) is 0. The van der Waals surface area contributed by atoms with Crippen molar-refractivity contribution in [2.45, 2.75) is 0 Å². The first-order valence-corrected chi connectivity index (χ1v) is 2.76. The molecule has 0 aliphatic carbocycles. The van der Waals surface area contributed by atoms with Gasteiger partial charge in [-0.2, -0.15) is 0 Å². The molecule has 0 amide bonds.